The van der Waals surface area contributed by atoms with Gasteiger partial charge in [-0.2, -0.15) is 0 Å². The van der Waals surface area contributed by atoms with Crippen LogP contribution in [0.15, 0.2) is 78.9 Å². The second kappa shape index (κ2) is 13.5. The molecule has 3 aromatic rings. The molecule has 0 amide bonds. The van der Waals surface area contributed by atoms with Gasteiger partial charge in [-0.1, -0.05) is 66.7 Å². The SMILES string of the molecule is COc1cc(CNCc2ccccc2)ccc1OCC(O)c1ccccc1.O=C(O)C(=O)O. The van der Waals surface area contributed by atoms with Crippen LogP contribution >= 0.6 is 0 Å². The highest BCUT2D eigenvalue weighted by atomic mass is 16.5. The van der Waals surface area contributed by atoms with Crippen molar-refractivity contribution in [3.8, 4) is 11.5 Å². The van der Waals surface area contributed by atoms with Gasteiger partial charge in [-0.25, -0.2) is 9.59 Å². The minimum Gasteiger partial charge on any atom is -0.493 e. The van der Waals surface area contributed by atoms with Crippen molar-refractivity contribution in [1.29, 1.82) is 0 Å². The summed E-state index contributed by atoms with van der Waals surface area (Å²) in [6.45, 7) is 1.72. The van der Waals surface area contributed by atoms with Crippen molar-refractivity contribution >= 4 is 11.9 Å². The van der Waals surface area contributed by atoms with Gasteiger partial charge in [0, 0.05) is 13.1 Å². The predicted molar refractivity (Wildman–Crippen MR) is 122 cm³/mol. The second-order valence-corrected chi connectivity index (χ2v) is 6.92. The first-order valence-corrected chi connectivity index (χ1v) is 10.1. The van der Waals surface area contributed by atoms with E-state index >= 15 is 0 Å². The van der Waals surface area contributed by atoms with Crippen LogP contribution in [0, 0.1) is 0 Å². The van der Waals surface area contributed by atoms with E-state index in [1.165, 1.54) is 5.56 Å². The molecule has 0 saturated carbocycles. The average molecular weight is 453 g/mol. The number of carboxylic acid groups (broad SMARTS) is 2. The first kappa shape index (κ1) is 25.4. The molecule has 0 aliphatic heterocycles. The Labute approximate surface area is 192 Å². The highest BCUT2D eigenvalue weighted by molar-refractivity contribution is 6.27. The molecule has 3 aromatic carbocycles. The summed E-state index contributed by atoms with van der Waals surface area (Å²) in [5.74, 6) is -2.36. The average Bonchev–Trinajstić information content (AvgIpc) is 2.84. The van der Waals surface area contributed by atoms with Crippen molar-refractivity contribution in [3.63, 3.8) is 0 Å². The van der Waals surface area contributed by atoms with Gasteiger partial charge in [-0.3, -0.25) is 0 Å². The molecule has 0 aliphatic carbocycles. The summed E-state index contributed by atoms with van der Waals surface area (Å²) in [6, 6.07) is 25.6. The molecule has 174 valence electrons. The summed E-state index contributed by atoms with van der Waals surface area (Å²) in [6.07, 6.45) is -0.678. The maximum Gasteiger partial charge on any atom is 0.414 e. The number of nitrogens with one attached hydrogen (secondary N) is 1. The minimum atomic E-state index is -1.82. The van der Waals surface area contributed by atoms with E-state index in [9.17, 15) is 5.11 Å². The van der Waals surface area contributed by atoms with Crippen molar-refractivity contribution < 1.29 is 34.4 Å². The predicted octanol–water partition coefficient (Wildman–Crippen LogP) is 3.25. The van der Waals surface area contributed by atoms with Gasteiger partial charge in [0.25, 0.3) is 0 Å². The Morgan fingerprint density at radius 3 is 1.97 bits per heavy atom. The van der Waals surface area contributed by atoms with Gasteiger partial charge in [0.1, 0.15) is 12.7 Å². The summed E-state index contributed by atoms with van der Waals surface area (Å²) in [7, 11) is 1.62. The fraction of sp³-hybridized carbons (Fsp3) is 0.200. The number of benzene rings is 3. The Kier molecular flexibility index (Phi) is 10.4. The number of aliphatic hydroxyl groups is 1. The van der Waals surface area contributed by atoms with Crippen LogP contribution < -0.4 is 14.8 Å². The van der Waals surface area contributed by atoms with Gasteiger partial charge < -0.3 is 30.1 Å². The third-order valence-electron chi connectivity index (χ3n) is 4.49. The molecule has 8 heteroatoms. The number of aliphatic hydroxyl groups excluding tert-OH is 1. The standard InChI is InChI=1S/C23H25NO3.C2H2O4/c1-26-23-14-19(16-24-15-18-8-4-2-5-9-18)12-13-22(23)27-17-21(25)20-10-6-3-7-11-20;3-1(4)2(5)6/h2-14,21,24-25H,15-17H2,1H3;(H,3,4)(H,5,6). The molecule has 0 radical (unpaired) electrons. The molecule has 8 nitrogen and oxygen atoms in total. The molecular formula is C25H27NO7. The molecule has 0 fully saturated rings. The topological polar surface area (TPSA) is 125 Å². The summed E-state index contributed by atoms with van der Waals surface area (Å²) in [5, 5.41) is 28.5. The van der Waals surface area contributed by atoms with Crippen LogP contribution in [-0.2, 0) is 22.7 Å². The molecule has 0 saturated heterocycles. The number of carboxylic acids is 2. The molecule has 4 N–H and O–H groups in total. The number of ether oxygens (including phenoxy) is 2. The second-order valence-electron chi connectivity index (χ2n) is 6.92. The van der Waals surface area contributed by atoms with Crippen molar-refractivity contribution in [2.24, 2.45) is 0 Å². The van der Waals surface area contributed by atoms with Crippen molar-refractivity contribution in [3.05, 3.63) is 95.6 Å². The molecule has 0 spiro atoms. The lowest BCUT2D eigenvalue weighted by Crippen LogP contribution is -2.13. The molecule has 0 heterocycles. The van der Waals surface area contributed by atoms with Gasteiger partial charge in [-0.15, -0.1) is 0 Å². The Hall–Kier alpha value is -3.88. The van der Waals surface area contributed by atoms with E-state index in [1.54, 1.807) is 7.11 Å². The van der Waals surface area contributed by atoms with Crippen LogP contribution in [0.4, 0.5) is 0 Å². The zero-order valence-electron chi connectivity index (χ0n) is 18.2. The van der Waals surface area contributed by atoms with E-state index in [2.05, 4.69) is 17.4 Å². The molecule has 33 heavy (non-hydrogen) atoms. The maximum atomic E-state index is 10.2. The number of hydrogen-bond acceptors (Lipinski definition) is 6. The fourth-order valence-corrected chi connectivity index (χ4v) is 2.83. The number of carbonyl (C=O) groups is 2. The normalized spacial score (nSPS) is 11.0. The minimum absolute atomic E-state index is 0.173. The first-order valence-electron chi connectivity index (χ1n) is 10.1. The van der Waals surface area contributed by atoms with Crippen LogP contribution in [0.3, 0.4) is 0 Å². The van der Waals surface area contributed by atoms with Crippen molar-refractivity contribution in [1.82, 2.24) is 5.32 Å². The third kappa shape index (κ3) is 9.02. The van der Waals surface area contributed by atoms with E-state index in [4.69, 9.17) is 29.3 Å². The lowest BCUT2D eigenvalue weighted by molar-refractivity contribution is -0.159. The lowest BCUT2D eigenvalue weighted by atomic mass is 10.1. The summed E-state index contributed by atoms with van der Waals surface area (Å²) in [4.78, 5) is 18.2. The van der Waals surface area contributed by atoms with E-state index in [-0.39, 0.29) is 6.61 Å². The van der Waals surface area contributed by atoms with Crippen LogP contribution in [-0.4, -0.2) is 41.0 Å². The zero-order chi connectivity index (χ0) is 24.1. The maximum absolute atomic E-state index is 10.2. The molecule has 0 aromatic heterocycles. The van der Waals surface area contributed by atoms with Gasteiger partial charge in [0.15, 0.2) is 11.5 Å². The molecule has 0 bridgehead atoms. The lowest BCUT2D eigenvalue weighted by Gasteiger charge is -2.15. The highest BCUT2D eigenvalue weighted by Crippen LogP contribution is 2.29. The Morgan fingerprint density at radius 2 is 1.39 bits per heavy atom. The van der Waals surface area contributed by atoms with Crippen molar-refractivity contribution in [2.45, 2.75) is 19.2 Å². The van der Waals surface area contributed by atoms with Crippen molar-refractivity contribution in [2.75, 3.05) is 13.7 Å². The first-order chi connectivity index (χ1) is 15.9. The molecule has 1 atom stereocenters. The highest BCUT2D eigenvalue weighted by Gasteiger charge is 2.11. The number of aliphatic carboxylic acids is 2. The van der Waals surface area contributed by atoms with E-state index in [0.29, 0.717) is 11.5 Å². The number of hydrogen-bond donors (Lipinski definition) is 4. The zero-order valence-corrected chi connectivity index (χ0v) is 18.2. The number of rotatable bonds is 9. The third-order valence-corrected chi connectivity index (χ3v) is 4.49. The Balaban J connectivity index is 0.000000569. The van der Waals surface area contributed by atoms with Crippen LogP contribution in [0.1, 0.15) is 22.8 Å². The Bertz CT molecular complexity index is 998. The van der Waals surface area contributed by atoms with E-state index in [0.717, 1.165) is 24.2 Å². The largest absolute Gasteiger partial charge is 0.493 e. The fourth-order valence-electron chi connectivity index (χ4n) is 2.83. The molecule has 0 aliphatic rings. The van der Waals surface area contributed by atoms with Gasteiger partial charge in [0.05, 0.1) is 7.11 Å². The Morgan fingerprint density at radius 1 is 0.818 bits per heavy atom. The van der Waals surface area contributed by atoms with Gasteiger partial charge >= 0.3 is 11.9 Å². The monoisotopic (exact) mass is 453 g/mol. The molecular weight excluding hydrogens is 426 g/mol. The van der Waals surface area contributed by atoms with Gasteiger partial charge in [-0.05, 0) is 28.8 Å². The molecule has 3 rings (SSSR count). The van der Waals surface area contributed by atoms with Gasteiger partial charge in [0.2, 0.25) is 0 Å². The number of methoxy groups -OCH3 is 1. The van der Waals surface area contributed by atoms with Crippen LogP contribution in [0.5, 0.6) is 11.5 Å². The molecule has 1 unspecified atom stereocenters. The van der Waals surface area contributed by atoms with E-state index in [1.807, 2.05) is 66.7 Å². The van der Waals surface area contributed by atoms with E-state index < -0.39 is 18.0 Å². The van der Waals surface area contributed by atoms with Crippen LogP contribution in [0.2, 0.25) is 0 Å². The summed E-state index contributed by atoms with van der Waals surface area (Å²) >= 11 is 0. The summed E-state index contributed by atoms with van der Waals surface area (Å²) < 4.78 is 11.2. The van der Waals surface area contributed by atoms with Crippen LogP contribution in [0.25, 0.3) is 0 Å². The summed E-state index contributed by atoms with van der Waals surface area (Å²) in [5.41, 5.74) is 3.19. The smallest absolute Gasteiger partial charge is 0.414 e. The quantitative estimate of drug-likeness (QED) is 0.364.